The van der Waals surface area contributed by atoms with Gasteiger partial charge in [0.2, 0.25) is 0 Å². The fraction of sp³-hybridized carbons (Fsp3) is 0.571. The molecule has 2 aromatic heterocycles. The van der Waals surface area contributed by atoms with Crippen molar-refractivity contribution in [3.63, 3.8) is 0 Å². The van der Waals surface area contributed by atoms with Gasteiger partial charge in [0.25, 0.3) is 0 Å². The molecule has 0 fully saturated rings. The van der Waals surface area contributed by atoms with Gasteiger partial charge in [0.1, 0.15) is 23.7 Å². The Kier molecular flexibility index (Phi) is 4.74. The van der Waals surface area contributed by atoms with Gasteiger partial charge in [-0.1, -0.05) is 13.8 Å². The zero-order chi connectivity index (χ0) is 13.7. The Morgan fingerprint density at radius 2 is 2.16 bits per heavy atom. The minimum Gasteiger partial charge on any atom is -0.464 e. The molecule has 2 rings (SSSR count). The molecular formula is C14H22N4O. The van der Waals surface area contributed by atoms with E-state index in [1.54, 1.807) is 6.33 Å². The van der Waals surface area contributed by atoms with Crippen LogP contribution in [0.2, 0.25) is 0 Å². The Labute approximate surface area is 114 Å². The minimum atomic E-state index is 0.153. The van der Waals surface area contributed by atoms with E-state index < -0.39 is 0 Å². The van der Waals surface area contributed by atoms with Gasteiger partial charge < -0.3 is 9.73 Å². The Morgan fingerprint density at radius 1 is 1.32 bits per heavy atom. The van der Waals surface area contributed by atoms with Crippen LogP contribution in [0, 0.1) is 0 Å². The van der Waals surface area contributed by atoms with E-state index in [1.165, 1.54) is 0 Å². The number of hydrogen-bond acceptors (Lipinski definition) is 4. The average Bonchev–Trinajstić information content (AvgIpc) is 3.06. The summed E-state index contributed by atoms with van der Waals surface area (Å²) in [4.78, 5) is 4.33. The highest BCUT2D eigenvalue weighted by Gasteiger charge is 2.18. The largest absolute Gasteiger partial charge is 0.464 e. The maximum atomic E-state index is 5.85. The van der Waals surface area contributed by atoms with Gasteiger partial charge in [0.05, 0.1) is 6.04 Å². The second-order valence-electron chi connectivity index (χ2n) is 4.46. The van der Waals surface area contributed by atoms with Crippen LogP contribution < -0.4 is 5.32 Å². The fourth-order valence-electron chi connectivity index (χ4n) is 2.18. The Balaban J connectivity index is 2.16. The summed E-state index contributed by atoms with van der Waals surface area (Å²) in [7, 11) is 0. The van der Waals surface area contributed by atoms with Crippen molar-refractivity contribution in [1.29, 1.82) is 0 Å². The summed E-state index contributed by atoms with van der Waals surface area (Å²) >= 11 is 0. The van der Waals surface area contributed by atoms with Gasteiger partial charge in [-0.05, 0) is 25.6 Å². The number of likely N-dealkylation sites (N-methyl/N-ethyl adjacent to an activating group) is 1. The SMILES string of the molecule is CCNC(Cc1ncnn1CC)c1ccc(CC)o1. The van der Waals surface area contributed by atoms with Gasteiger partial charge in [-0.2, -0.15) is 5.10 Å². The fourth-order valence-corrected chi connectivity index (χ4v) is 2.18. The van der Waals surface area contributed by atoms with E-state index in [2.05, 4.69) is 42.2 Å². The van der Waals surface area contributed by atoms with Crippen LogP contribution in [0.1, 0.15) is 44.2 Å². The summed E-state index contributed by atoms with van der Waals surface area (Å²) in [5.41, 5.74) is 0. The Hall–Kier alpha value is -1.62. The van der Waals surface area contributed by atoms with Crippen molar-refractivity contribution in [3.05, 3.63) is 35.8 Å². The minimum absolute atomic E-state index is 0.153. The molecule has 0 aromatic carbocycles. The molecule has 0 bridgehead atoms. The molecule has 2 heterocycles. The summed E-state index contributed by atoms with van der Waals surface area (Å²) < 4.78 is 7.77. The highest BCUT2D eigenvalue weighted by Crippen LogP contribution is 2.20. The number of aromatic nitrogens is 3. The van der Waals surface area contributed by atoms with E-state index in [9.17, 15) is 0 Å². The average molecular weight is 262 g/mol. The van der Waals surface area contributed by atoms with Crippen molar-refractivity contribution < 1.29 is 4.42 Å². The van der Waals surface area contributed by atoms with Gasteiger partial charge in [-0.3, -0.25) is 4.68 Å². The van der Waals surface area contributed by atoms with Crippen LogP contribution in [-0.4, -0.2) is 21.3 Å². The second-order valence-corrected chi connectivity index (χ2v) is 4.46. The molecule has 1 atom stereocenters. The first-order valence-electron chi connectivity index (χ1n) is 6.97. The lowest BCUT2D eigenvalue weighted by Gasteiger charge is -2.15. The lowest BCUT2D eigenvalue weighted by atomic mass is 10.1. The standard InChI is InChI=1S/C14H22N4O/c1-4-11-7-8-13(19-11)12(15-5-2)9-14-16-10-17-18(14)6-3/h7-8,10,12,15H,4-6,9H2,1-3H3. The smallest absolute Gasteiger partial charge is 0.138 e. The normalized spacial score (nSPS) is 12.8. The maximum absolute atomic E-state index is 5.85. The van der Waals surface area contributed by atoms with E-state index in [0.717, 1.165) is 43.3 Å². The van der Waals surface area contributed by atoms with E-state index in [0.29, 0.717) is 0 Å². The molecule has 2 aromatic rings. The van der Waals surface area contributed by atoms with Crippen molar-refractivity contribution in [2.24, 2.45) is 0 Å². The van der Waals surface area contributed by atoms with Gasteiger partial charge in [0, 0.05) is 19.4 Å². The van der Waals surface area contributed by atoms with Crippen molar-refractivity contribution >= 4 is 0 Å². The highest BCUT2D eigenvalue weighted by molar-refractivity contribution is 5.12. The van der Waals surface area contributed by atoms with Crippen LogP contribution >= 0.6 is 0 Å². The predicted octanol–water partition coefficient (Wildman–Crippen LogP) is 2.35. The molecule has 104 valence electrons. The molecule has 0 aliphatic carbocycles. The number of nitrogens with zero attached hydrogens (tertiary/aromatic N) is 3. The monoisotopic (exact) mass is 262 g/mol. The number of nitrogens with one attached hydrogen (secondary N) is 1. The third-order valence-corrected chi connectivity index (χ3v) is 3.21. The third-order valence-electron chi connectivity index (χ3n) is 3.21. The van der Waals surface area contributed by atoms with Crippen molar-refractivity contribution in [2.45, 2.75) is 46.2 Å². The molecule has 1 N–H and O–H groups in total. The molecule has 0 aliphatic heterocycles. The Bertz CT molecular complexity index is 503. The van der Waals surface area contributed by atoms with Gasteiger partial charge >= 0.3 is 0 Å². The third kappa shape index (κ3) is 3.23. The number of hydrogen-bond donors (Lipinski definition) is 1. The molecule has 0 spiro atoms. The van der Waals surface area contributed by atoms with Crippen LogP contribution in [-0.2, 0) is 19.4 Å². The second kappa shape index (κ2) is 6.52. The molecule has 0 saturated carbocycles. The van der Waals surface area contributed by atoms with Gasteiger partial charge in [-0.25, -0.2) is 4.98 Å². The lowest BCUT2D eigenvalue weighted by molar-refractivity contribution is 0.388. The van der Waals surface area contributed by atoms with Crippen LogP contribution in [0.15, 0.2) is 22.9 Å². The predicted molar refractivity (Wildman–Crippen MR) is 73.9 cm³/mol. The van der Waals surface area contributed by atoms with E-state index in [1.807, 2.05) is 10.7 Å². The molecule has 5 heteroatoms. The zero-order valence-electron chi connectivity index (χ0n) is 11.9. The number of furan rings is 1. The van der Waals surface area contributed by atoms with Crippen LogP contribution in [0.5, 0.6) is 0 Å². The van der Waals surface area contributed by atoms with Crippen molar-refractivity contribution in [2.75, 3.05) is 6.54 Å². The van der Waals surface area contributed by atoms with E-state index in [4.69, 9.17) is 4.42 Å². The number of rotatable bonds is 7. The van der Waals surface area contributed by atoms with E-state index >= 15 is 0 Å². The summed E-state index contributed by atoms with van der Waals surface area (Å²) in [5.74, 6) is 2.99. The molecule has 0 amide bonds. The maximum Gasteiger partial charge on any atom is 0.138 e. The zero-order valence-corrected chi connectivity index (χ0v) is 11.9. The van der Waals surface area contributed by atoms with Crippen LogP contribution in [0.4, 0.5) is 0 Å². The summed E-state index contributed by atoms with van der Waals surface area (Å²) in [6.07, 6.45) is 3.32. The van der Waals surface area contributed by atoms with Crippen LogP contribution in [0.25, 0.3) is 0 Å². The lowest BCUT2D eigenvalue weighted by Crippen LogP contribution is -2.24. The molecular weight excluding hydrogens is 240 g/mol. The number of aryl methyl sites for hydroxylation is 2. The molecule has 0 aliphatic rings. The molecule has 0 saturated heterocycles. The quantitative estimate of drug-likeness (QED) is 0.832. The van der Waals surface area contributed by atoms with E-state index in [-0.39, 0.29) is 6.04 Å². The molecule has 1 unspecified atom stereocenters. The van der Waals surface area contributed by atoms with Gasteiger partial charge in [0.15, 0.2) is 0 Å². The summed E-state index contributed by atoms with van der Waals surface area (Å²) in [5, 5.41) is 7.66. The molecule has 19 heavy (non-hydrogen) atoms. The summed E-state index contributed by atoms with van der Waals surface area (Å²) in [6.45, 7) is 8.00. The van der Waals surface area contributed by atoms with Crippen LogP contribution in [0.3, 0.4) is 0 Å². The first-order valence-corrected chi connectivity index (χ1v) is 6.97. The Morgan fingerprint density at radius 3 is 2.79 bits per heavy atom. The van der Waals surface area contributed by atoms with Crippen molar-refractivity contribution in [1.82, 2.24) is 20.1 Å². The first-order chi connectivity index (χ1) is 9.28. The topological polar surface area (TPSA) is 55.9 Å². The molecule has 0 radical (unpaired) electrons. The highest BCUT2D eigenvalue weighted by atomic mass is 16.3. The first kappa shape index (κ1) is 13.8. The van der Waals surface area contributed by atoms with Crippen molar-refractivity contribution in [3.8, 4) is 0 Å². The summed E-state index contributed by atoms with van der Waals surface area (Å²) in [6, 6.07) is 4.25. The molecule has 5 nitrogen and oxygen atoms in total. The van der Waals surface area contributed by atoms with Gasteiger partial charge in [-0.15, -0.1) is 0 Å².